The molecule has 286 valence electrons. The molecule has 0 saturated heterocycles. The number of thiophene rings is 2. The lowest BCUT2D eigenvalue weighted by Crippen LogP contribution is -2.25. The molecule has 8 heteroatoms. The molecule has 0 atom stereocenters. The van der Waals surface area contributed by atoms with E-state index in [2.05, 4.69) is 110 Å². The fraction of sp³-hybridized carbons (Fsp3) is 0.333. The van der Waals surface area contributed by atoms with E-state index in [4.69, 9.17) is 0 Å². The van der Waals surface area contributed by atoms with Crippen LogP contribution in [0, 0.1) is 45.3 Å². The molecule has 0 amide bonds. The lowest BCUT2D eigenvalue weighted by atomic mass is 10.1. The van der Waals surface area contributed by atoms with Crippen LogP contribution in [0.4, 0.5) is 11.4 Å². The van der Waals surface area contributed by atoms with Crippen molar-refractivity contribution in [3.05, 3.63) is 104 Å². The van der Waals surface area contributed by atoms with Crippen molar-refractivity contribution in [1.82, 2.24) is 0 Å². The molecule has 4 rings (SSSR count). The van der Waals surface area contributed by atoms with E-state index < -0.39 is 0 Å². The third kappa shape index (κ3) is 12.7. The van der Waals surface area contributed by atoms with Gasteiger partial charge in [-0.1, -0.05) is 89.8 Å². The van der Waals surface area contributed by atoms with Crippen LogP contribution >= 0.6 is 22.7 Å². The van der Waals surface area contributed by atoms with Crippen LogP contribution in [0.5, 0.6) is 0 Å². The first-order valence-corrected chi connectivity index (χ1v) is 21.4. The van der Waals surface area contributed by atoms with Crippen molar-refractivity contribution in [2.75, 3.05) is 36.0 Å². The van der Waals surface area contributed by atoms with Gasteiger partial charge in [-0.3, -0.25) is 0 Å². The summed E-state index contributed by atoms with van der Waals surface area (Å²) in [7, 11) is 0. The Kier molecular flexibility index (Phi) is 17.9. The fourth-order valence-corrected chi connectivity index (χ4v) is 8.42. The monoisotopic (exact) mass is 776 g/mol. The maximum atomic E-state index is 9.66. The average Bonchev–Trinajstić information content (AvgIpc) is 3.83. The van der Waals surface area contributed by atoms with Gasteiger partial charge in [0.25, 0.3) is 0 Å². The molecule has 0 N–H and O–H groups in total. The highest BCUT2D eigenvalue weighted by Crippen LogP contribution is 2.43. The van der Waals surface area contributed by atoms with Crippen molar-refractivity contribution in [2.45, 2.75) is 79.1 Å². The van der Waals surface area contributed by atoms with Crippen molar-refractivity contribution in [3.63, 3.8) is 0 Å². The lowest BCUT2D eigenvalue weighted by molar-refractivity contribution is 0.678. The summed E-state index contributed by atoms with van der Waals surface area (Å²) in [5, 5.41) is 38.6. The molecule has 56 heavy (non-hydrogen) atoms. The summed E-state index contributed by atoms with van der Waals surface area (Å²) in [6.45, 7) is 13.1. The van der Waals surface area contributed by atoms with Gasteiger partial charge < -0.3 is 9.80 Å². The van der Waals surface area contributed by atoms with Gasteiger partial charge in [0, 0.05) is 47.3 Å². The summed E-state index contributed by atoms with van der Waals surface area (Å²) in [5.41, 5.74) is 6.09. The predicted octanol–water partition coefficient (Wildman–Crippen LogP) is 13.5. The van der Waals surface area contributed by atoms with Gasteiger partial charge in [-0.25, -0.2) is 0 Å². The maximum absolute atomic E-state index is 9.66. The molecule has 6 nitrogen and oxygen atoms in total. The van der Waals surface area contributed by atoms with Crippen molar-refractivity contribution in [3.8, 4) is 34.0 Å². The van der Waals surface area contributed by atoms with E-state index in [0.29, 0.717) is 0 Å². The van der Waals surface area contributed by atoms with Crippen molar-refractivity contribution < 1.29 is 0 Å². The normalized spacial score (nSPS) is 10.8. The first-order valence-electron chi connectivity index (χ1n) is 19.8. The first kappa shape index (κ1) is 43.1. The Morgan fingerprint density at radius 1 is 0.500 bits per heavy atom. The van der Waals surface area contributed by atoms with Gasteiger partial charge >= 0.3 is 0 Å². The summed E-state index contributed by atoms with van der Waals surface area (Å²) in [6.07, 6.45) is 20.8. The number of hydrogen-bond acceptors (Lipinski definition) is 8. The van der Waals surface area contributed by atoms with Gasteiger partial charge in [0.1, 0.15) is 35.4 Å². The van der Waals surface area contributed by atoms with E-state index in [0.717, 1.165) is 67.9 Å². The van der Waals surface area contributed by atoms with Gasteiger partial charge in [-0.2, -0.15) is 21.0 Å². The minimum absolute atomic E-state index is 0.000718. The zero-order chi connectivity index (χ0) is 40.1. The van der Waals surface area contributed by atoms with Crippen LogP contribution in [-0.4, -0.2) is 26.2 Å². The number of nitriles is 4. The van der Waals surface area contributed by atoms with E-state index in [-0.39, 0.29) is 11.1 Å². The Hall–Kier alpha value is -5.64. The van der Waals surface area contributed by atoms with Gasteiger partial charge in [0.15, 0.2) is 0 Å². The molecule has 0 aliphatic heterocycles. The summed E-state index contributed by atoms with van der Waals surface area (Å²) in [5.74, 6) is 0. The van der Waals surface area contributed by atoms with Gasteiger partial charge in [-0.15, -0.1) is 22.7 Å². The minimum Gasteiger partial charge on any atom is -0.372 e. The highest BCUT2D eigenvalue weighted by atomic mass is 32.1. The summed E-state index contributed by atoms with van der Waals surface area (Å²) in [6, 6.07) is 29.3. The number of allylic oxidation sites excluding steroid dienone is 2. The molecule has 0 aliphatic carbocycles. The average molecular weight is 777 g/mol. The Labute approximate surface area is 342 Å². The van der Waals surface area contributed by atoms with Gasteiger partial charge in [0.05, 0.1) is 9.75 Å². The molecule has 0 saturated carbocycles. The number of hydrogen-bond donors (Lipinski definition) is 0. The zero-order valence-electron chi connectivity index (χ0n) is 33.2. The van der Waals surface area contributed by atoms with Crippen molar-refractivity contribution >= 4 is 70.5 Å². The number of benzene rings is 2. The molecular weight excluding hydrogens is 725 g/mol. The first-order chi connectivity index (χ1) is 27.4. The van der Waals surface area contributed by atoms with E-state index in [1.165, 1.54) is 62.7 Å². The van der Waals surface area contributed by atoms with Crippen LogP contribution in [0.3, 0.4) is 0 Å². The molecule has 0 spiro atoms. The lowest BCUT2D eigenvalue weighted by Gasteiger charge is -2.24. The fourth-order valence-electron chi connectivity index (χ4n) is 6.16. The highest BCUT2D eigenvalue weighted by molar-refractivity contribution is 7.23. The van der Waals surface area contributed by atoms with E-state index >= 15 is 0 Å². The maximum Gasteiger partial charge on any atom is 0.130 e. The van der Waals surface area contributed by atoms with E-state index in [1.807, 2.05) is 36.4 Å². The summed E-state index contributed by atoms with van der Waals surface area (Å²) < 4.78 is 0. The van der Waals surface area contributed by atoms with Crippen LogP contribution in [0.1, 0.15) is 111 Å². The second kappa shape index (κ2) is 23.3. The standard InChI is InChI=1S/C48H52N6S2/c1-5-9-25-53(26-10-6-2)43-19-13-37(14-20-43)17-23-45-31-41(29-39(33-49)34-50)47(55-45)48-42(30-40(35-51)36-52)32-46(56-48)24-18-38-15-21-44(22-16-38)54(27-11-7-3)28-12-8-4/h13-24,29-32H,5-12,25-28H2,1-4H3/b23-17+,24-18+. The quantitative estimate of drug-likeness (QED) is 0.0781. The van der Waals surface area contributed by atoms with Crippen LogP contribution in [0.25, 0.3) is 46.2 Å². The molecule has 0 fully saturated rings. The molecule has 2 aromatic heterocycles. The molecule has 0 bridgehead atoms. The second-order valence-corrected chi connectivity index (χ2v) is 15.8. The van der Waals surface area contributed by atoms with Crippen LogP contribution in [0.15, 0.2) is 71.8 Å². The van der Waals surface area contributed by atoms with E-state index in [1.54, 1.807) is 34.8 Å². The largest absolute Gasteiger partial charge is 0.372 e. The summed E-state index contributed by atoms with van der Waals surface area (Å²) in [4.78, 5) is 8.57. The van der Waals surface area contributed by atoms with E-state index in [9.17, 15) is 21.0 Å². The molecule has 2 aromatic carbocycles. The van der Waals surface area contributed by atoms with Crippen LogP contribution < -0.4 is 9.80 Å². The minimum atomic E-state index is 0.000718. The second-order valence-electron chi connectivity index (χ2n) is 13.7. The van der Waals surface area contributed by atoms with Crippen molar-refractivity contribution in [2.24, 2.45) is 0 Å². The third-order valence-corrected chi connectivity index (χ3v) is 11.8. The molecular formula is C48H52N6S2. The van der Waals surface area contributed by atoms with Crippen LogP contribution in [0.2, 0.25) is 0 Å². The number of rotatable bonds is 21. The molecule has 0 unspecified atom stereocenters. The Bertz CT molecular complexity index is 1950. The molecule has 0 aliphatic rings. The number of unbranched alkanes of at least 4 members (excludes halogenated alkanes) is 4. The smallest absolute Gasteiger partial charge is 0.130 e. The Balaban J connectivity index is 1.69. The molecule has 2 heterocycles. The van der Waals surface area contributed by atoms with Crippen molar-refractivity contribution in [1.29, 1.82) is 21.0 Å². The highest BCUT2D eigenvalue weighted by Gasteiger charge is 2.17. The molecule has 0 radical (unpaired) electrons. The number of nitrogens with zero attached hydrogens (tertiary/aromatic N) is 6. The van der Waals surface area contributed by atoms with Gasteiger partial charge in [-0.05, 0) is 109 Å². The predicted molar refractivity (Wildman–Crippen MR) is 241 cm³/mol. The Morgan fingerprint density at radius 3 is 1.11 bits per heavy atom. The SMILES string of the molecule is CCCCN(CCCC)c1ccc(/C=C/c2cc(C=C(C#N)C#N)c(-c3sc(/C=C/c4ccc(N(CCCC)CCCC)cc4)cc3C=C(C#N)C#N)s2)cc1. The topological polar surface area (TPSA) is 102 Å². The number of anilines is 2. The van der Waals surface area contributed by atoms with Gasteiger partial charge in [0.2, 0.25) is 0 Å². The molecule has 4 aromatic rings. The third-order valence-electron chi connectivity index (χ3n) is 9.37. The van der Waals surface area contributed by atoms with Crippen LogP contribution in [-0.2, 0) is 0 Å². The Morgan fingerprint density at radius 2 is 0.821 bits per heavy atom. The summed E-state index contributed by atoms with van der Waals surface area (Å²) >= 11 is 3.10. The zero-order valence-corrected chi connectivity index (χ0v) is 34.9.